The Bertz CT molecular complexity index is 1640. The fraction of sp³-hybridized carbons (Fsp3) is 0.314. The van der Waals surface area contributed by atoms with Crippen LogP contribution in [0.5, 0.6) is 5.88 Å². The lowest BCUT2D eigenvalue weighted by Gasteiger charge is -2.28. The number of aromatic nitrogens is 4. The number of hydrogen-bond acceptors (Lipinski definition) is 8. The van der Waals surface area contributed by atoms with Crippen LogP contribution in [0.15, 0.2) is 73.2 Å². The molecule has 0 bridgehead atoms. The Morgan fingerprint density at radius 2 is 1.73 bits per heavy atom. The van der Waals surface area contributed by atoms with Gasteiger partial charge in [-0.15, -0.1) is 0 Å². The number of morpholine rings is 1. The van der Waals surface area contributed by atoms with E-state index in [1.165, 1.54) is 18.6 Å². The molecule has 44 heavy (non-hydrogen) atoms. The van der Waals surface area contributed by atoms with Gasteiger partial charge in [-0.1, -0.05) is 40.2 Å². The lowest BCUT2D eigenvalue weighted by molar-refractivity contribution is 0.122. The summed E-state index contributed by atoms with van der Waals surface area (Å²) in [6.07, 6.45) is 6.60. The van der Waals surface area contributed by atoms with Crippen LogP contribution in [0, 0.1) is 12.7 Å². The molecule has 0 unspecified atom stereocenters. The van der Waals surface area contributed by atoms with Crippen molar-refractivity contribution in [2.75, 3.05) is 43.6 Å². The number of halogens is 1. The summed E-state index contributed by atoms with van der Waals surface area (Å²) in [5.41, 5.74) is 6.25. The molecular weight excluding hydrogens is 555 g/mol. The summed E-state index contributed by atoms with van der Waals surface area (Å²) in [6, 6.07) is 16.2. The molecule has 0 atom stereocenters. The van der Waals surface area contributed by atoms with Crippen LogP contribution in [0.25, 0.3) is 33.4 Å². The molecule has 5 heterocycles. The summed E-state index contributed by atoms with van der Waals surface area (Å²) in [6.45, 7) is 13.1. The summed E-state index contributed by atoms with van der Waals surface area (Å²) < 4.78 is 25.1. The van der Waals surface area contributed by atoms with Gasteiger partial charge in [0.15, 0.2) is 0 Å². The van der Waals surface area contributed by atoms with Gasteiger partial charge in [0.05, 0.1) is 48.6 Å². The van der Waals surface area contributed by atoms with Gasteiger partial charge in [-0.25, -0.2) is 19.3 Å². The summed E-state index contributed by atoms with van der Waals surface area (Å²) in [5, 5.41) is 4.48. The van der Waals surface area contributed by atoms with Crippen LogP contribution < -0.4 is 15.0 Å². The van der Waals surface area contributed by atoms with Gasteiger partial charge >= 0.3 is 0 Å². The number of nitrogens with zero attached hydrogens (tertiary/aromatic N) is 5. The van der Waals surface area contributed by atoms with E-state index in [0.717, 1.165) is 52.4 Å². The zero-order valence-corrected chi connectivity index (χ0v) is 26.4. The standard InChI is InChI=1S/C30H27FN6O2.C3H8.C2H6/c1-19-29(22-8-7-21(31)15-25(22)36-30(19)24-5-3-4-10-32-24)35-26-16-27(37-11-13-39-14-12-37)33-18-23(26)20-6-9-28(38-2)34-17-20;1-3-2;1-2/h3-10,15-18H,11-14H2,1-2H3,(H,33,35,36);3H2,1-2H3;1-2H3. The van der Waals surface area contributed by atoms with Crippen LogP contribution in [0.2, 0.25) is 0 Å². The van der Waals surface area contributed by atoms with Gasteiger partial charge in [-0.2, -0.15) is 0 Å². The Balaban J connectivity index is 0.000000834. The molecule has 1 N–H and O–H groups in total. The second-order valence-electron chi connectivity index (χ2n) is 9.95. The first-order chi connectivity index (χ1) is 21.5. The smallest absolute Gasteiger partial charge is 0.212 e. The fourth-order valence-electron chi connectivity index (χ4n) is 4.78. The third kappa shape index (κ3) is 7.47. The Labute approximate surface area is 259 Å². The monoisotopic (exact) mass is 596 g/mol. The first kappa shape index (κ1) is 32.3. The highest BCUT2D eigenvalue weighted by Gasteiger charge is 2.19. The quantitative estimate of drug-likeness (QED) is 0.210. The molecule has 0 aliphatic carbocycles. The number of methoxy groups -OCH3 is 1. The van der Waals surface area contributed by atoms with Crippen molar-refractivity contribution in [2.24, 2.45) is 0 Å². The maximum atomic E-state index is 14.3. The first-order valence-corrected chi connectivity index (χ1v) is 15.1. The highest BCUT2D eigenvalue weighted by atomic mass is 19.1. The normalized spacial score (nSPS) is 12.5. The number of ether oxygens (including phenoxy) is 2. The van der Waals surface area contributed by atoms with Crippen LogP contribution in [0.3, 0.4) is 0 Å². The van der Waals surface area contributed by atoms with Gasteiger partial charge in [0.1, 0.15) is 11.6 Å². The van der Waals surface area contributed by atoms with Crippen molar-refractivity contribution in [1.29, 1.82) is 0 Å². The Morgan fingerprint density at radius 1 is 0.955 bits per heavy atom. The first-order valence-electron chi connectivity index (χ1n) is 15.1. The van der Waals surface area contributed by atoms with Crippen molar-refractivity contribution < 1.29 is 13.9 Å². The SMILES string of the molecule is CC.CCC.COc1ccc(-c2cnc(N3CCOCC3)cc2Nc2c(C)c(-c3ccccn3)nc3cc(F)ccc23)cn1. The van der Waals surface area contributed by atoms with Crippen molar-refractivity contribution in [3.05, 3.63) is 84.6 Å². The molecule has 0 radical (unpaired) electrons. The number of rotatable bonds is 6. The predicted octanol–water partition coefficient (Wildman–Crippen LogP) is 8.23. The molecule has 9 heteroatoms. The maximum absolute atomic E-state index is 14.3. The van der Waals surface area contributed by atoms with Gasteiger partial charge in [0.25, 0.3) is 0 Å². The topological polar surface area (TPSA) is 85.3 Å². The van der Waals surface area contributed by atoms with Crippen LogP contribution in [-0.2, 0) is 4.74 Å². The number of hydrogen-bond donors (Lipinski definition) is 1. The van der Waals surface area contributed by atoms with Crippen molar-refractivity contribution in [1.82, 2.24) is 19.9 Å². The number of nitrogens with one attached hydrogen (secondary N) is 1. The minimum absolute atomic E-state index is 0.347. The molecule has 1 fully saturated rings. The van der Waals surface area contributed by atoms with E-state index in [2.05, 4.69) is 34.0 Å². The third-order valence-electron chi connectivity index (χ3n) is 6.84. The van der Waals surface area contributed by atoms with E-state index < -0.39 is 0 Å². The Hall–Kier alpha value is -4.63. The molecule has 8 nitrogen and oxygen atoms in total. The second kappa shape index (κ2) is 15.7. The second-order valence-corrected chi connectivity index (χ2v) is 9.95. The van der Waals surface area contributed by atoms with E-state index in [1.54, 1.807) is 25.6 Å². The molecular formula is C35H41FN6O2. The molecule has 4 aromatic heterocycles. The number of anilines is 3. The van der Waals surface area contributed by atoms with Crippen LogP contribution in [0.1, 0.15) is 39.7 Å². The van der Waals surface area contributed by atoms with E-state index in [9.17, 15) is 4.39 Å². The maximum Gasteiger partial charge on any atom is 0.212 e. The van der Waals surface area contributed by atoms with E-state index >= 15 is 0 Å². The van der Waals surface area contributed by atoms with Gasteiger partial charge in [0.2, 0.25) is 5.88 Å². The summed E-state index contributed by atoms with van der Waals surface area (Å²) in [5.74, 6) is 1.03. The summed E-state index contributed by atoms with van der Waals surface area (Å²) in [7, 11) is 1.59. The van der Waals surface area contributed by atoms with Gasteiger partial charge < -0.3 is 19.7 Å². The summed E-state index contributed by atoms with van der Waals surface area (Å²) >= 11 is 0. The minimum atomic E-state index is -0.347. The molecule has 5 aromatic rings. The molecule has 1 aliphatic rings. The molecule has 1 aromatic carbocycles. The highest BCUT2D eigenvalue weighted by molar-refractivity contribution is 5.99. The molecule has 0 saturated carbocycles. The van der Waals surface area contributed by atoms with E-state index in [1.807, 2.05) is 63.4 Å². The molecule has 0 amide bonds. The van der Waals surface area contributed by atoms with Gasteiger partial charge in [-0.05, 0) is 37.3 Å². The van der Waals surface area contributed by atoms with Crippen LogP contribution >= 0.6 is 0 Å². The average molecular weight is 597 g/mol. The van der Waals surface area contributed by atoms with Gasteiger partial charge in [-0.3, -0.25) is 4.98 Å². The third-order valence-corrected chi connectivity index (χ3v) is 6.84. The van der Waals surface area contributed by atoms with E-state index in [0.29, 0.717) is 36.0 Å². The van der Waals surface area contributed by atoms with E-state index in [-0.39, 0.29) is 5.82 Å². The van der Waals surface area contributed by atoms with Crippen molar-refractivity contribution >= 4 is 28.1 Å². The lowest BCUT2D eigenvalue weighted by Crippen LogP contribution is -2.36. The predicted molar refractivity (Wildman–Crippen MR) is 177 cm³/mol. The number of benzene rings is 1. The Morgan fingerprint density at radius 3 is 2.39 bits per heavy atom. The van der Waals surface area contributed by atoms with Crippen molar-refractivity contribution in [3.63, 3.8) is 0 Å². The fourth-order valence-corrected chi connectivity index (χ4v) is 4.78. The van der Waals surface area contributed by atoms with E-state index in [4.69, 9.17) is 19.4 Å². The zero-order chi connectivity index (χ0) is 31.5. The lowest BCUT2D eigenvalue weighted by atomic mass is 10.0. The number of pyridine rings is 4. The number of fused-ring (bicyclic) bond motifs is 1. The van der Waals surface area contributed by atoms with Crippen molar-refractivity contribution in [3.8, 4) is 28.4 Å². The van der Waals surface area contributed by atoms with Crippen LogP contribution in [0.4, 0.5) is 21.6 Å². The summed E-state index contributed by atoms with van der Waals surface area (Å²) in [4.78, 5) is 20.7. The largest absolute Gasteiger partial charge is 0.481 e. The van der Waals surface area contributed by atoms with Gasteiger partial charge in [0, 0.05) is 72.0 Å². The molecule has 0 spiro atoms. The molecule has 230 valence electrons. The minimum Gasteiger partial charge on any atom is -0.481 e. The molecule has 1 aliphatic heterocycles. The van der Waals surface area contributed by atoms with Crippen molar-refractivity contribution in [2.45, 2.75) is 41.0 Å². The molecule has 6 rings (SSSR count). The molecule has 1 saturated heterocycles. The Kier molecular flexibility index (Phi) is 11.5. The zero-order valence-electron chi connectivity index (χ0n) is 26.4. The van der Waals surface area contributed by atoms with Crippen LogP contribution in [-0.4, -0.2) is 53.3 Å². The average Bonchev–Trinajstić information content (AvgIpc) is 3.08. The highest BCUT2D eigenvalue weighted by Crippen LogP contribution is 2.38.